The molecule has 0 heterocycles. The standard InChI is InChI=1S/C14H25NO4/c1-19-10-9-12(14(17)18)15-13(16)8-4-7-11-5-2-3-6-11/h11-12H,2-10H2,1H3,(H,15,16)(H,17,18). The molecule has 1 unspecified atom stereocenters. The number of carboxylic acid groups (broad SMARTS) is 1. The van der Waals surface area contributed by atoms with Crippen LogP contribution in [-0.2, 0) is 14.3 Å². The summed E-state index contributed by atoms with van der Waals surface area (Å²) in [7, 11) is 1.52. The molecule has 0 aromatic carbocycles. The maximum atomic E-state index is 11.7. The number of carboxylic acids is 1. The Morgan fingerprint density at radius 2 is 2.05 bits per heavy atom. The molecular weight excluding hydrogens is 246 g/mol. The predicted octanol–water partition coefficient (Wildman–Crippen LogP) is 1.95. The van der Waals surface area contributed by atoms with Crippen LogP contribution in [0.15, 0.2) is 0 Å². The van der Waals surface area contributed by atoms with E-state index >= 15 is 0 Å². The minimum Gasteiger partial charge on any atom is -0.480 e. The molecule has 0 aromatic rings. The lowest BCUT2D eigenvalue weighted by Gasteiger charge is -2.14. The highest BCUT2D eigenvalue weighted by Crippen LogP contribution is 2.28. The molecule has 0 radical (unpaired) electrons. The van der Waals surface area contributed by atoms with Crippen LogP contribution in [0.25, 0.3) is 0 Å². The summed E-state index contributed by atoms with van der Waals surface area (Å²) in [6.45, 7) is 0.333. The highest BCUT2D eigenvalue weighted by atomic mass is 16.5. The highest BCUT2D eigenvalue weighted by Gasteiger charge is 2.20. The molecule has 19 heavy (non-hydrogen) atoms. The van der Waals surface area contributed by atoms with Crippen LogP contribution in [0.2, 0.25) is 0 Å². The molecule has 1 amide bonds. The van der Waals surface area contributed by atoms with Crippen molar-refractivity contribution in [3.63, 3.8) is 0 Å². The summed E-state index contributed by atoms with van der Waals surface area (Å²) in [6, 6.07) is -0.834. The van der Waals surface area contributed by atoms with E-state index in [4.69, 9.17) is 9.84 Å². The Hall–Kier alpha value is -1.10. The number of methoxy groups -OCH3 is 1. The first-order valence-electron chi connectivity index (χ1n) is 7.14. The van der Waals surface area contributed by atoms with E-state index in [2.05, 4.69) is 5.32 Å². The van der Waals surface area contributed by atoms with Crippen molar-refractivity contribution >= 4 is 11.9 Å². The molecule has 5 nitrogen and oxygen atoms in total. The summed E-state index contributed by atoms with van der Waals surface area (Å²) in [4.78, 5) is 22.6. The molecule has 1 aliphatic carbocycles. The van der Waals surface area contributed by atoms with E-state index in [9.17, 15) is 9.59 Å². The van der Waals surface area contributed by atoms with Gasteiger partial charge in [-0.05, 0) is 18.8 Å². The topological polar surface area (TPSA) is 75.6 Å². The van der Waals surface area contributed by atoms with Gasteiger partial charge in [0, 0.05) is 26.6 Å². The van der Waals surface area contributed by atoms with E-state index in [-0.39, 0.29) is 5.91 Å². The average Bonchev–Trinajstić information content (AvgIpc) is 2.87. The molecule has 0 aliphatic heterocycles. The van der Waals surface area contributed by atoms with E-state index in [1.54, 1.807) is 0 Å². The van der Waals surface area contributed by atoms with Crippen LogP contribution in [0.5, 0.6) is 0 Å². The van der Waals surface area contributed by atoms with Gasteiger partial charge in [-0.15, -0.1) is 0 Å². The molecule has 5 heteroatoms. The van der Waals surface area contributed by atoms with E-state index in [1.807, 2.05) is 0 Å². The minimum absolute atomic E-state index is 0.165. The van der Waals surface area contributed by atoms with Gasteiger partial charge in [0.1, 0.15) is 6.04 Å². The highest BCUT2D eigenvalue weighted by molar-refractivity contribution is 5.83. The number of rotatable bonds is 9. The van der Waals surface area contributed by atoms with Gasteiger partial charge in [-0.25, -0.2) is 4.79 Å². The first-order chi connectivity index (χ1) is 9.13. The first kappa shape index (κ1) is 16.0. The Bertz CT molecular complexity index is 287. The second-order valence-electron chi connectivity index (χ2n) is 5.28. The number of nitrogens with one attached hydrogen (secondary N) is 1. The van der Waals surface area contributed by atoms with Gasteiger partial charge in [-0.1, -0.05) is 25.7 Å². The average molecular weight is 271 g/mol. The van der Waals surface area contributed by atoms with Crippen molar-refractivity contribution in [3.8, 4) is 0 Å². The second-order valence-corrected chi connectivity index (χ2v) is 5.28. The van der Waals surface area contributed by atoms with E-state index in [0.29, 0.717) is 19.4 Å². The number of hydrogen-bond acceptors (Lipinski definition) is 3. The molecule has 1 fully saturated rings. The van der Waals surface area contributed by atoms with Crippen molar-refractivity contribution in [2.24, 2.45) is 5.92 Å². The summed E-state index contributed by atoms with van der Waals surface area (Å²) in [5, 5.41) is 11.5. The maximum absolute atomic E-state index is 11.7. The molecule has 0 aromatic heterocycles. The SMILES string of the molecule is COCCC(NC(=O)CCCC1CCCC1)C(=O)O. The van der Waals surface area contributed by atoms with Gasteiger partial charge in [0.15, 0.2) is 0 Å². The van der Waals surface area contributed by atoms with E-state index in [1.165, 1.54) is 32.8 Å². The third-order valence-electron chi connectivity index (χ3n) is 3.73. The minimum atomic E-state index is -0.999. The normalized spacial score (nSPS) is 17.3. The van der Waals surface area contributed by atoms with Crippen molar-refractivity contribution in [1.29, 1.82) is 0 Å². The van der Waals surface area contributed by atoms with Crippen LogP contribution in [0, 0.1) is 5.92 Å². The lowest BCUT2D eigenvalue weighted by atomic mass is 10.0. The summed E-state index contributed by atoms with van der Waals surface area (Å²) >= 11 is 0. The van der Waals surface area contributed by atoms with Gasteiger partial charge in [-0.2, -0.15) is 0 Å². The van der Waals surface area contributed by atoms with Crippen molar-refractivity contribution in [2.45, 2.75) is 57.4 Å². The van der Waals surface area contributed by atoms with Gasteiger partial charge in [0.25, 0.3) is 0 Å². The first-order valence-corrected chi connectivity index (χ1v) is 7.14. The number of amides is 1. The Morgan fingerprint density at radius 3 is 2.63 bits per heavy atom. The maximum Gasteiger partial charge on any atom is 0.326 e. The van der Waals surface area contributed by atoms with Gasteiger partial charge < -0.3 is 15.2 Å². The number of aliphatic carboxylic acids is 1. The largest absolute Gasteiger partial charge is 0.480 e. The smallest absolute Gasteiger partial charge is 0.326 e. The van der Waals surface area contributed by atoms with Crippen molar-refractivity contribution < 1.29 is 19.4 Å². The fourth-order valence-electron chi connectivity index (χ4n) is 2.61. The predicted molar refractivity (Wildman–Crippen MR) is 71.9 cm³/mol. The van der Waals surface area contributed by atoms with Crippen LogP contribution in [0.4, 0.5) is 0 Å². The molecular formula is C14H25NO4. The lowest BCUT2D eigenvalue weighted by Crippen LogP contribution is -2.41. The molecule has 2 N–H and O–H groups in total. The summed E-state index contributed by atoms with van der Waals surface area (Å²) in [5.74, 6) is -0.390. The van der Waals surface area contributed by atoms with E-state index < -0.39 is 12.0 Å². The monoisotopic (exact) mass is 271 g/mol. The Kier molecular flexibility index (Phi) is 7.48. The molecule has 0 spiro atoms. The van der Waals surface area contributed by atoms with Gasteiger partial charge in [-0.3, -0.25) is 4.79 Å². The molecule has 1 saturated carbocycles. The number of carbonyl (C=O) groups is 2. The molecule has 1 rings (SSSR count). The third-order valence-corrected chi connectivity index (χ3v) is 3.73. The lowest BCUT2D eigenvalue weighted by molar-refractivity contribution is -0.142. The molecule has 1 aliphatic rings. The van der Waals surface area contributed by atoms with Crippen molar-refractivity contribution in [2.75, 3.05) is 13.7 Å². The number of carbonyl (C=O) groups excluding carboxylic acids is 1. The van der Waals surface area contributed by atoms with Crippen molar-refractivity contribution in [3.05, 3.63) is 0 Å². The van der Waals surface area contributed by atoms with Crippen LogP contribution < -0.4 is 5.32 Å². The zero-order valence-corrected chi connectivity index (χ0v) is 11.7. The number of hydrogen-bond donors (Lipinski definition) is 2. The fraction of sp³-hybridized carbons (Fsp3) is 0.857. The van der Waals surface area contributed by atoms with Crippen LogP contribution in [0.1, 0.15) is 51.4 Å². The van der Waals surface area contributed by atoms with Gasteiger partial charge in [0.2, 0.25) is 5.91 Å². The summed E-state index contributed by atoms with van der Waals surface area (Å²) in [5.41, 5.74) is 0. The summed E-state index contributed by atoms with van der Waals surface area (Å²) in [6.07, 6.45) is 7.87. The third kappa shape index (κ3) is 6.57. The molecule has 0 saturated heterocycles. The number of ether oxygens (including phenoxy) is 1. The van der Waals surface area contributed by atoms with E-state index in [0.717, 1.165) is 18.8 Å². The summed E-state index contributed by atoms with van der Waals surface area (Å²) < 4.78 is 4.84. The van der Waals surface area contributed by atoms with Crippen molar-refractivity contribution in [1.82, 2.24) is 5.32 Å². The van der Waals surface area contributed by atoms with Crippen LogP contribution in [-0.4, -0.2) is 36.7 Å². The second kappa shape index (κ2) is 8.91. The zero-order chi connectivity index (χ0) is 14.1. The Labute approximate surface area is 114 Å². The fourth-order valence-corrected chi connectivity index (χ4v) is 2.61. The van der Waals surface area contributed by atoms with Crippen LogP contribution in [0.3, 0.4) is 0 Å². The quantitative estimate of drug-likeness (QED) is 0.672. The Morgan fingerprint density at radius 1 is 1.37 bits per heavy atom. The van der Waals surface area contributed by atoms with Gasteiger partial charge in [0.05, 0.1) is 0 Å². The van der Waals surface area contributed by atoms with Gasteiger partial charge >= 0.3 is 5.97 Å². The molecule has 110 valence electrons. The zero-order valence-electron chi connectivity index (χ0n) is 11.7. The molecule has 1 atom stereocenters. The van der Waals surface area contributed by atoms with Crippen LogP contribution >= 0.6 is 0 Å². The molecule has 0 bridgehead atoms. The Balaban J connectivity index is 2.17.